The van der Waals surface area contributed by atoms with Gasteiger partial charge < -0.3 is 14.6 Å². The quantitative estimate of drug-likeness (QED) is 0.770. The van der Waals surface area contributed by atoms with Gasteiger partial charge in [0, 0.05) is 19.6 Å². The molecule has 1 heterocycles. The molecule has 4 nitrogen and oxygen atoms in total. The van der Waals surface area contributed by atoms with Crippen LogP contribution in [0.1, 0.15) is 25.5 Å². The van der Waals surface area contributed by atoms with E-state index >= 15 is 0 Å². The summed E-state index contributed by atoms with van der Waals surface area (Å²) in [6.07, 6.45) is 4.26. The molecular formula is C10H17N3O. The zero-order valence-electron chi connectivity index (χ0n) is 8.79. The molecule has 0 amide bonds. The van der Waals surface area contributed by atoms with Crippen molar-refractivity contribution < 1.29 is 4.42 Å². The number of hydrogen-bond acceptors (Lipinski definition) is 4. The minimum atomic E-state index is 0.653. The Kier molecular flexibility index (Phi) is 2.72. The van der Waals surface area contributed by atoms with Gasteiger partial charge in [-0.15, -0.1) is 0 Å². The highest BCUT2D eigenvalue weighted by Gasteiger charge is 2.28. The fraction of sp³-hybridized carbons (Fsp3) is 0.700. The fourth-order valence-electron chi connectivity index (χ4n) is 1.41. The topological polar surface area (TPSA) is 41.3 Å². The highest BCUT2D eigenvalue weighted by atomic mass is 16.4. The van der Waals surface area contributed by atoms with E-state index in [1.165, 1.54) is 12.8 Å². The third kappa shape index (κ3) is 2.07. The summed E-state index contributed by atoms with van der Waals surface area (Å²) in [4.78, 5) is 6.53. The van der Waals surface area contributed by atoms with Gasteiger partial charge in [0.15, 0.2) is 0 Å². The van der Waals surface area contributed by atoms with Crippen molar-refractivity contribution in [1.29, 1.82) is 0 Å². The van der Waals surface area contributed by atoms with E-state index in [-0.39, 0.29) is 0 Å². The van der Waals surface area contributed by atoms with Crippen LogP contribution in [0.3, 0.4) is 0 Å². The summed E-state index contributed by atoms with van der Waals surface area (Å²) < 4.78 is 5.40. The van der Waals surface area contributed by atoms with Gasteiger partial charge in [0.25, 0.3) is 6.01 Å². The van der Waals surface area contributed by atoms with Crippen molar-refractivity contribution in [3.8, 4) is 0 Å². The molecule has 4 heteroatoms. The number of nitrogens with zero attached hydrogens (tertiary/aromatic N) is 2. The van der Waals surface area contributed by atoms with Gasteiger partial charge in [-0.2, -0.15) is 4.98 Å². The SMILES string of the molecule is CCNCc1coc(N(C)C2CC2)n1. The smallest absolute Gasteiger partial charge is 0.297 e. The van der Waals surface area contributed by atoms with Crippen LogP contribution in [-0.2, 0) is 6.54 Å². The summed E-state index contributed by atoms with van der Waals surface area (Å²) in [6, 6.07) is 1.40. The Morgan fingerprint density at radius 1 is 1.64 bits per heavy atom. The largest absolute Gasteiger partial charge is 0.432 e. The molecule has 0 saturated heterocycles. The Bertz CT molecular complexity index is 293. The van der Waals surface area contributed by atoms with E-state index in [0.717, 1.165) is 24.8 Å². The van der Waals surface area contributed by atoms with Crippen LogP contribution in [0.5, 0.6) is 0 Å². The van der Waals surface area contributed by atoms with Gasteiger partial charge >= 0.3 is 0 Å². The molecule has 1 aliphatic carbocycles. The van der Waals surface area contributed by atoms with E-state index in [0.29, 0.717) is 6.04 Å². The van der Waals surface area contributed by atoms with Crippen molar-refractivity contribution in [3.63, 3.8) is 0 Å². The summed E-state index contributed by atoms with van der Waals surface area (Å²) in [6.45, 7) is 3.83. The lowest BCUT2D eigenvalue weighted by Crippen LogP contribution is -2.20. The van der Waals surface area contributed by atoms with Crippen molar-refractivity contribution in [1.82, 2.24) is 10.3 Å². The van der Waals surface area contributed by atoms with Crippen LogP contribution in [0.25, 0.3) is 0 Å². The lowest BCUT2D eigenvalue weighted by atomic mass is 10.5. The highest BCUT2D eigenvalue weighted by Crippen LogP contribution is 2.29. The third-order valence-electron chi connectivity index (χ3n) is 2.49. The fourth-order valence-corrected chi connectivity index (χ4v) is 1.41. The predicted molar refractivity (Wildman–Crippen MR) is 55.3 cm³/mol. The molecular weight excluding hydrogens is 178 g/mol. The van der Waals surface area contributed by atoms with Crippen LogP contribution in [0.15, 0.2) is 10.7 Å². The third-order valence-corrected chi connectivity index (χ3v) is 2.49. The molecule has 1 fully saturated rings. The van der Waals surface area contributed by atoms with Gasteiger partial charge in [-0.25, -0.2) is 0 Å². The van der Waals surface area contributed by atoms with Crippen molar-refractivity contribution >= 4 is 6.01 Å². The molecule has 0 aromatic carbocycles. The van der Waals surface area contributed by atoms with Gasteiger partial charge in [0.1, 0.15) is 6.26 Å². The second-order valence-electron chi connectivity index (χ2n) is 3.74. The maximum absolute atomic E-state index is 5.40. The van der Waals surface area contributed by atoms with Gasteiger partial charge in [0.05, 0.1) is 5.69 Å². The molecule has 1 aliphatic rings. The summed E-state index contributed by atoms with van der Waals surface area (Å²) in [7, 11) is 2.04. The molecule has 14 heavy (non-hydrogen) atoms. The van der Waals surface area contributed by atoms with Crippen molar-refractivity contribution in [3.05, 3.63) is 12.0 Å². The van der Waals surface area contributed by atoms with Crippen LogP contribution in [0, 0.1) is 0 Å². The Labute approximate surface area is 84.3 Å². The van der Waals surface area contributed by atoms with Crippen LogP contribution in [0.2, 0.25) is 0 Å². The van der Waals surface area contributed by atoms with Gasteiger partial charge in [-0.1, -0.05) is 6.92 Å². The minimum Gasteiger partial charge on any atom is -0.432 e. The number of anilines is 1. The molecule has 0 aliphatic heterocycles. The second kappa shape index (κ2) is 4.00. The second-order valence-corrected chi connectivity index (χ2v) is 3.74. The number of rotatable bonds is 5. The number of oxazole rings is 1. The molecule has 78 valence electrons. The van der Waals surface area contributed by atoms with Crippen LogP contribution >= 0.6 is 0 Å². The van der Waals surface area contributed by atoms with E-state index in [1.54, 1.807) is 6.26 Å². The average molecular weight is 195 g/mol. The number of hydrogen-bond donors (Lipinski definition) is 1. The maximum Gasteiger partial charge on any atom is 0.297 e. The van der Waals surface area contributed by atoms with E-state index in [1.807, 2.05) is 7.05 Å². The lowest BCUT2D eigenvalue weighted by molar-refractivity contribution is 0.542. The van der Waals surface area contributed by atoms with Crippen molar-refractivity contribution in [2.75, 3.05) is 18.5 Å². The zero-order valence-corrected chi connectivity index (χ0v) is 8.79. The average Bonchev–Trinajstić information content (AvgIpc) is 2.94. The Morgan fingerprint density at radius 2 is 2.43 bits per heavy atom. The molecule has 0 spiro atoms. The molecule has 0 radical (unpaired) electrons. The normalized spacial score (nSPS) is 15.9. The Hall–Kier alpha value is -1.03. The van der Waals surface area contributed by atoms with Crippen LogP contribution in [0.4, 0.5) is 6.01 Å². The predicted octanol–water partition coefficient (Wildman–Crippen LogP) is 1.38. The number of nitrogens with one attached hydrogen (secondary N) is 1. The van der Waals surface area contributed by atoms with Gasteiger partial charge in [0.2, 0.25) is 0 Å². The zero-order chi connectivity index (χ0) is 9.97. The molecule has 1 aromatic heterocycles. The van der Waals surface area contributed by atoms with Crippen LogP contribution < -0.4 is 10.2 Å². The highest BCUT2D eigenvalue weighted by molar-refractivity contribution is 5.29. The Morgan fingerprint density at radius 3 is 3.07 bits per heavy atom. The Balaban J connectivity index is 1.94. The molecule has 1 N–H and O–H groups in total. The molecule has 1 aromatic rings. The standard InChI is InChI=1S/C10H17N3O/c1-3-11-6-8-7-14-10(12-8)13(2)9-4-5-9/h7,9,11H,3-6H2,1-2H3. The summed E-state index contributed by atoms with van der Waals surface area (Å²) >= 11 is 0. The van der Waals surface area contributed by atoms with E-state index in [9.17, 15) is 0 Å². The van der Waals surface area contributed by atoms with E-state index in [4.69, 9.17) is 4.42 Å². The monoisotopic (exact) mass is 195 g/mol. The molecule has 2 rings (SSSR count). The molecule has 0 bridgehead atoms. The van der Waals surface area contributed by atoms with E-state index in [2.05, 4.69) is 22.1 Å². The first-order chi connectivity index (χ1) is 6.81. The molecule has 0 atom stereocenters. The summed E-state index contributed by atoms with van der Waals surface area (Å²) in [5, 5.41) is 3.22. The molecule has 0 unspecified atom stereocenters. The van der Waals surface area contributed by atoms with E-state index < -0.39 is 0 Å². The first kappa shape index (κ1) is 9.52. The first-order valence-electron chi connectivity index (χ1n) is 5.19. The van der Waals surface area contributed by atoms with Gasteiger partial charge in [-0.05, 0) is 19.4 Å². The molecule has 1 saturated carbocycles. The van der Waals surface area contributed by atoms with Crippen molar-refractivity contribution in [2.24, 2.45) is 0 Å². The minimum absolute atomic E-state index is 0.653. The van der Waals surface area contributed by atoms with Crippen LogP contribution in [-0.4, -0.2) is 24.6 Å². The number of aromatic nitrogens is 1. The first-order valence-corrected chi connectivity index (χ1v) is 5.19. The van der Waals surface area contributed by atoms with Crippen molar-refractivity contribution in [2.45, 2.75) is 32.4 Å². The van der Waals surface area contributed by atoms with Gasteiger partial charge in [-0.3, -0.25) is 0 Å². The summed E-state index contributed by atoms with van der Waals surface area (Å²) in [5.41, 5.74) is 0.981. The summed E-state index contributed by atoms with van der Waals surface area (Å²) in [5.74, 6) is 0. The lowest BCUT2D eigenvalue weighted by Gasteiger charge is -2.11. The maximum atomic E-state index is 5.40.